The summed E-state index contributed by atoms with van der Waals surface area (Å²) in [7, 11) is 1.42. The van der Waals surface area contributed by atoms with Crippen molar-refractivity contribution in [3.05, 3.63) is 65.7 Å². The summed E-state index contributed by atoms with van der Waals surface area (Å²) < 4.78 is 5.35. The second kappa shape index (κ2) is 8.52. The van der Waals surface area contributed by atoms with Crippen LogP contribution in [0.5, 0.6) is 11.5 Å². The van der Waals surface area contributed by atoms with Crippen LogP contribution in [-0.4, -0.2) is 46.8 Å². The molecule has 3 N–H and O–H groups in total. The fourth-order valence-electron chi connectivity index (χ4n) is 7.31. The van der Waals surface area contributed by atoms with Crippen molar-refractivity contribution >= 4 is 35.3 Å². The van der Waals surface area contributed by atoms with Gasteiger partial charge in [-0.15, -0.1) is 0 Å². The van der Waals surface area contributed by atoms with Gasteiger partial charge in [-0.1, -0.05) is 35.9 Å². The number of rotatable bonds is 3. The number of likely N-dealkylation sites (tertiary alicyclic amines) is 1. The lowest BCUT2D eigenvalue weighted by molar-refractivity contribution is -0.136. The fourth-order valence-corrected chi connectivity index (χ4v) is 7.31. The Morgan fingerprint density at radius 3 is 2.41 bits per heavy atom. The molecule has 200 valence electrons. The Labute approximate surface area is 224 Å². The summed E-state index contributed by atoms with van der Waals surface area (Å²) in [6.45, 7) is 1.77. The van der Waals surface area contributed by atoms with E-state index in [9.17, 15) is 29.1 Å². The molecule has 2 heterocycles. The number of allylic oxidation sites excluding steroid dienone is 2. The Morgan fingerprint density at radius 1 is 1.03 bits per heavy atom. The molecule has 10 nitrogen and oxygen atoms in total. The van der Waals surface area contributed by atoms with E-state index in [2.05, 4.69) is 0 Å². The van der Waals surface area contributed by atoms with E-state index in [1.165, 1.54) is 18.1 Å². The molecule has 2 aromatic carbocycles. The number of benzene rings is 2. The van der Waals surface area contributed by atoms with Gasteiger partial charge >= 0.3 is 6.03 Å². The molecule has 0 aromatic heterocycles. The first-order valence-electron chi connectivity index (χ1n) is 12.8. The summed E-state index contributed by atoms with van der Waals surface area (Å²) in [5.41, 5.74) is 5.99. The number of ether oxygens (including phenoxy) is 1. The highest BCUT2D eigenvalue weighted by atomic mass is 16.5. The van der Waals surface area contributed by atoms with E-state index >= 15 is 0 Å². The fraction of sp³-hybridized carbons (Fsp3) is 0.345. The maximum absolute atomic E-state index is 14.2. The van der Waals surface area contributed by atoms with Gasteiger partial charge in [0, 0.05) is 5.92 Å². The number of aromatic hydroxyl groups is 1. The highest BCUT2D eigenvalue weighted by Crippen LogP contribution is 2.63. The number of para-hydroxylation sites is 1. The van der Waals surface area contributed by atoms with Gasteiger partial charge in [0.15, 0.2) is 11.5 Å². The van der Waals surface area contributed by atoms with Gasteiger partial charge in [-0.3, -0.25) is 19.2 Å². The molecule has 0 bridgehead atoms. The number of amides is 6. The lowest BCUT2D eigenvalue weighted by Crippen LogP contribution is -2.49. The predicted octanol–water partition coefficient (Wildman–Crippen LogP) is 2.71. The lowest BCUT2D eigenvalue weighted by Gasteiger charge is -2.49. The van der Waals surface area contributed by atoms with Gasteiger partial charge in [0.25, 0.3) is 0 Å². The molecule has 2 aliphatic heterocycles. The third-order valence-corrected chi connectivity index (χ3v) is 9.05. The molecule has 6 atom stereocenters. The zero-order valence-electron chi connectivity index (χ0n) is 21.4. The highest BCUT2D eigenvalue weighted by Gasteiger charge is 2.67. The number of primary amides is 1. The summed E-state index contributed by atoms with van der Waals surface area (Å²) >= 11 is 0. The Hall–Kier alpha value is -4.47. The summed E-state index contributed by atoms with van der Waals surface area (Å²) in [6, 6.07) is 12.3. The van der Waals surface area contributed by atoms with Crippen molar-refractivity contribution in [3.63, 3.8) is 0 Å². The number of phenols is 1. The zero-order valence-corrected chi connectivity index (χ0v) is 21.4. The summed E-state index contributed by atoms with van der Waals surface area (Å²) in [6.07, 6.45) is 2.23. The van der Waals surface area contributed by atoms with Gasteiger partial charge in [0.05, 0.1) is 36.0 Å². The zero-order chi connectivity index (χ0) is 27.8. The molecular weight excluding hydrogens is 502 g/mol. The monoisotopic (exact) mass is 529 g/mol. The summed E-state index contributed by atoms with van der Waals surface area (Å²) in [5, 5.41) is 10.3. The minimum Gasteiger partial charge on any atom is -0.504 e. The van der Waals surface area contributed by atoms with E-state index in [4.69, 9.17) is 10.5 Å². The number of imide groups is 4. The minimum atomic E-state index is -1.22. The number of hydrogen-bond acceptors (Lipinski definition) is 7. The smallest absolute Gasteiger partial charge is 0.328 e. The van der Waals surface area contributed by atoms with Gasteiger partial charge in [-0.25, -0.2) is 9.69 Å². The number of carbonyl (C=O) groups is 5. The van der Waals surface area contributed by atoms with E-state index in [1.807, 2.05) is 6.08 Å². The van der Waals surface area contributed by atoms with Crippen molar-refractivity contribution in [2.24, 2.45) is 34.8 Å². The van der Waals surface area contributed by atoms with Crippen LogP contribution in [0.25, 0.3) is 0 Å². The quantitative estimate of drug-likeness (QED) is 0.459. The average Bonchev–Trinajstić information content (AvgIpc) is 3.29. The van der Waals surface area contributed by atoms with Crippen molar-refractivity contribution in [3.8, 4) is 11.5 Å². The van der Waals surface area contributed by atoms with Crippen molar-refractivity contribution in [2.45, 2.75) is 25.7 Å². The standard InChI is InChI=1S/C29H27N3O7/c1-29-19(25(35)31(27(29)37)15-6-4-3-5-7-15)13-18-16(23(29)14-8-11-20(33)21(12-14)39-2)9-10-17-22(18)26(36)32(24(17)34)28(30)38/h3-9,11-12,17-19,22-23,33H,10,13H2,1-2H3,(H2,30,38)/t17-,18+,19-,22-,23-,29+/m0/s1. The molecule has 2 aliphatic carbocycles. The molecule has 3 fully saturated rings. The predicted molar refractivity (Wildman–Crippen MR) is 137 cm³/mol. The molecule has 0 spiro atoms. The van der Waals surface area contributed by atoms with Crippen molar-refractivity contribution in [2.75, 3.05) is 12.0 Å². The number of nitrogens with zero attached hydrogens (tertiary/aromatic N) is 2. The maximum atomic E-state index is 14.2. The first-order valence-corrected chi connectivity index (χ1v) is 12.8. The number of phenolic OH excluding ortho intramolecular Hbond substituents is 1. The molecule has 6 amide bonds. The van der Waals surface area contributed by atoms with Crippen LogP contribution in [-0.2, 0) is 19.2 Å². The van der Waals surface area contributed by atoms with Gasteiger partial charge in [-0.05, 0) is 55.5 Å². The molecule has 0 radical (unpaired) electrons. The number of hydrogen-bond donors (Lipinski definition) is 2. The van der Waals surface area contributed by atoms with Crippen molar-refractivity contribution < 1.29 is 33.8 Å². The van der Waals surface area contributed by atoms with Crippen LogP contribution in [0.3, 0.4) is 0 Å². The third kappa shape index (κ3) is 3.23. The van der Waals surface area contributed by atoms with Crippen LogP contribution < -0.4 is 15.4 Å². The molecule has 2 aromatic rings. The number of methoxy groups -OCH3 is 1. The Bertz CT molecular complexity index is 1480. The second-order valence-corrected chi connectivity index (χ2v) is 10.8. The molecule has 10 heteroatoms. The van der Waals surface area contributed by atoms with Crippen LogP contribution in [0.15, 0.2) is 60.2 Å². The van der Waals surface area contributed by atoms with Gasteiger partial charge in [-0.2, -0.15) is 4.90 Å². The maximum Gasteiger partial charge on any atom is 0.328 e. The highest BCUT2D eigenvalue weighted by molar-refractivity contribution is 6.24. The number of urea groups is 1. The van der Waals surface area contributed by atoms with Crippen LogP contribution in [0.1, 0.15) is 31.2 Å². The van der Waals surface area contributed by atoms with Crippen molar-refractivity contribution in [1.82, 2.24) is 4.90 Å². The van der Waals surface area contributed by atoms with E-state index < -0.39 is 52.8 Å². The SMILES string of the molecule is COc1cc([C@H]2C3=CC[C@@H]4C(=O)N(C(N)=O)C(=O)[C@@H]4[C@@H]3C[C@H]3C(=O)N(c4ccccc4)C(=O)[C@@]23C)ccc1O. The first-order chi connectivity index (χ1) is 18.6. The van der Waals surface area contributed by atoms with Crippen LogP contribution in [0.4, 0.5) is 10.5 Å². The first kappa shape index (κ1) is 24.8. The second-order valence-electron chi connectivity index (χ2n) is 10.8. The van der Waals surface area contributed by atoms with Gasteiger partial charge in [0.1, 0.15) is 0 Å². The minimum absolute atomic E-state index is 0.0820. The number of anilines is 1. The number of nitrogens with two attached hydrogens (primary N) is 1. The summed E-state index contributed by atoms with van der Waals surface area (Å²) in [4.78, 5) is 68.3. The van der Waals surface area contributed by atoms with Crippen molar-refractivity contribution in [1.29, 1.82) is 0 Å². The van der Waals surface area contributed by atoms with E-state index in [0.29, 0.717) is 16.2 Å². The topological polar surface area (TPSA) is 147 Å². The molecule has 1 saturated carbocycles. The number of fused-ring (bicyclic) bond motifs is 4. The molecule has 2 saturated heterocycles. The van der Waals surface area contributed by atoms with E-state index in [0.717, 1.165) is 5.57 Å². The third-order valence-electron chi connectivity index (χ3n) is 9.05. The van der Waals surface area contributed by atoms with Crippen LogP contribution in [0, 0.1) is 29.1 Å². The summed E-state index contributed by atoms with van der Waals surface area (Å²) in [5.74, 6) is -5.61. The Morgan fingerprint density at radius 2 is 1.74 bits per heavy atom. The largest absolute Gasteiger partial charge is 0.504 e. The van der Waals surface area contributed by atoms with E-state index in [-0.39, 0.29) is 36.2 Å². The average molecular weight is 530 g/mol. The van der Waals surface area contributed by atoms with E-state index in [1.54, 1.807) is 49.4 Å². The number of carbonyl (C=O) groups excluding carboxylic acids is 5. The van der Waals surface area contributed by atoms with Gasteiger partial charge in [0.2, 0.25) is 23.6 Å². The molecule has 39 heavy (non-hydrogen) atoms. The molecule has 6 rings (SSSR count). The van der Waals surface area contributed by atoms with Crippen LogP contribution >= 0.6 is 0 Å². The normalized spacial score (nSPS) is 31.5. The lowest BCUT2D eigenvalue weighted by atomic mass is 9.51. The Balaban J connectivity index is 1.54. The van der Waals surface area contributed by atoms with Crippen LogP contribution in [0.2, 0.25) is 0 Å². The van der Waals surface area contributed by atoms with Gasteiger partial charge < -0.3 is 15.6 Å². The molecule has 0 unspecified atom stereocenters. The molecule has 4 aliphatic rings. The Kier molecular flexibility index (Phi) is 5.43. The molecular formula is C29H27N3O7.